The van der Waals surface area contributed by atoms with Crippen molar-refractivity contribution in [2.24, 2.45) is 5.73 Å². The molecular formula is C23H24ClN5O4S. The van der Waals surface area contributed by atoms with Crippen LogP contribution in [0.4, 0.5) is 5.95 Å². The van der Waals surface area contributed by atoms with Crippen LogP contribution in [0.1, 0.15) is 24.1 Å². The fraction of sp³-hybridized carbons (Fsp3) is 0.261. The van der Waals surface area contributed by atoms with Gasteiger partial charge in [0.15, 0.2) is 11.5 Å². The maximum Gasteiger partial charge on any atom is 0.248 e. The standard InChI is InChI=1S/C23H24ClN5O4S/c1-12-18(21(25)30)19(14-9-16(31-2)20(33-4)17(10-14)32-3)29-22(26-12)27-23(28-29)34-11-13-7-5-6-8-15(13)24/h5-10,19H,11H2,1-4H3,(H2,25,30)(H,26,27,28)/t19-/m0/s1. The maximum atomic E-state index is 12.5. The molecule has 0 radical (unpaired) electrons. The Morgan fingerprint density at radius 1 is 1.18 bits per heavy atom. The molecule has 2 aromatic carbocycles. The highest BCUT2D eigenvalue weighted by Gasteiger charge is 2.34. The number of methoxy groups -OCH3 is 3. The summed E-state index contributed by atoms with van der Waals surface area (Å²) in [5, 5.41) is 9.03. The van der Waals surface area contributed by atoms with Gasteiger partial charge in [0.05, 0.1) is 26.9 Å². The first-order valence-corrected chi connectivity index (χ1v) is 11.6. The van der Waals surface area contributed by atoms with E-state index in [1.807, 2.05) is 24.3 Å². The molecular weight excluding hydrogens is 478 g/mol. The summed E-state index contributed by atoms with van der Waals surface area (Å²) in [5.74, 6) is 1.85. The van der Waals surface area contributed by atoms with Gasteiger partial charge in [-0.1, -0.05) is 41.6 Å². The predicted molar refractivity (Wildman–Crippen MR) is 131 cm³/mol. The summed E-state index contributed by atoms with van der Waals surface area (Å²) in [4.78, 5) is 17.1. The summed E-state index contributed by atoms with van der Waals surface area (Å²) in [6, 6.07) is 10.5. The Bertz CT molecular complexity index is 1250. The number of aromatic nitrogens is 3. The van der Waals surface area contributed by atoms with Crippen LogP contribution in [0, 0.1) is 0 Å². The number of nitrogens with zero attached hydrogens (tertiary/aromatic N) is 3. The molecule has 1 aliphatic rings. The fourth-order valence-electron chi connectivity index (χ4n) is 3.84. The third kappa shape index (κ3) is 4.38. The Kier molecular flexibility index (Phi) is 6.90. The number of nitrogens with one attached hydrogen (secondary N) is 1. The minimum atomic E-state index is -0.649. The number of anilines is 1. The van der Waals surface area contributed by atoms with Gasteiger partial charge in [-0.25, -0.2) is 4.68 Å². The molecule has 0 aliphatic carbocycles. The fourth-order valence-corrected chi connectivity index (χ4v) is 4.95. The lowest BCUT2D eigenvalue weighted by Gasteiger charge is -2.28. The molecule has 0 saturated heterocycles. The Balaban J connectivity index is 1.78. The Hall–Kier alpha value is -3.37. The highest BCUT2D eigenvalue weighted by Crippen LogP contribution is 2.44. The molecule has 3 N–H and O–H groups in total. The summed E-state index contributed by atoms with van der Waals surface area (Å²) in [5.41, 5.74) is 8.39. The van der Waals surface area contributed by atoms with Crippen LogP contribution in [-0.2, 0) is 10.5 Å². The molecule has 3 aromatic rings. The molecule has 1 amide bonds. The largest absolute Gasteiger partial charge is 0.493 e. The first kappa shape index (κ1) is 23.8. The van der Waals surface area contributed by atoms with Crippen LogP contribution < -0.4 is 25.3 Å². The van der Waals surface area contributed by atoms with E-state index in [0.29, 0.717) is 56.0 Å². The summed E-state index contributed by atoms with van der Waals surface area (Å²) in [7, 11) is 4.59. The van der Waals surface area contributed by atoms with E-state index >= 15 is 0 Å². The second kappa shape index (κ2) is 9.86. The van der Waals surface area contributed by atoms with Gasteiger partial charge in [-0.05, 0) is 36.2 Å². The van der Waals surface area contributed by atoms with E-state index < -0.39 is 11.9 Å². The van der Waals surface area contributed by atoms with Crippen LogP contribution >= 0.6 is 23.4 Å². The highest BCUT2D eigenvalue weighted by atomic mass is 35.5. The Labute approximate surface area is 206 Å². The van der Waals surface area contributed by atoms with Gasteiger partial charge in [0, 0.05) is 16.5 Å². The Morgan fingerprint density at radius 3 is 2.44 bits per heavy atom. The molecule has 0 spiro atoms. The minimum absolute atomic E-state index is 0.356. The van der Waals surface area contributed by atoms with E-state index in [-0.39, 0.29) is 0 Å². The van der Waals surface area contributed by atoms with E-state index in [4.69, 9.17) is 31.5 Å². The van der Waals surface area contributed by atoms with E-state index in [2.05, 4.69) is 15.4 Å². The number of benzene rings is 2. The normalized spacial score (nSPS) is 14.9. The van der Waals surface area contributed by atoms with Crippen molar-refractivity contribution in [2.75, 3.05) is 26.6 Å². The number of allylic oxidation sites excluding steroid dienone is 1. The number of ether oxygens (including phenoxy) is 3. The zero-order chi connectivity index (χ0) is 24.4. The van der Waals surface area contributed by atoms with Crippen molar-refractivity contribution in [1.82, 2.24) is 14.8 Å². The van der Waals surface area contributed by atoms with Crippen LogP contribution in [0.15, 0.2) is 52.8 Å². The van der Waals surface area contributed by atoms with Gasteiger partial charge in [-0.3, -0.25) is 4.79 Å². The Morgan fingerprint density at radius 2 is 1.85 bits per heavy atom. The van der Waals surface area contributed by atoms with Crippen LogP contribution in [0.2, 0.25) is 5.02 Å². The second-order valence-corrected chi connectivity index (χ2v) is 8.78. The summed E-state index contributed by atoms with van der Waals surface area (Å²) in [6.45, 7) is 1.78. The summed E-state index contributed by atoms with van der Waals surface area (Å²) < 4.78 is 18.1. The zero-order valence-electron chi connectivity index (χ0n) is 19.1. The number of amides is 1. The molecule has 1 aromatic heterocycles. The average molecular weight is 502 g/mol. The molecule has 0 fully saturated rings. The summed E-state index contributed by atoms with van der Waals surface area (Å²) in [6.07, 6.45) is 0. The third-order valence-corrected chi connectivity index (χ3v) is 6.67. The molecule has 178 valence electrons. The molecule has 0 bridgehead atoms. The number of rotatable bonds is 8. The van der Waals surface area contributed by atoms with Gasteiger partial charge >= 0.3 is 0 Å². The van der Waals surface area contributed by atoms with Gasteiger partial charge in [0.1, 0.15) is 6.04 Å². The third-order valence-electron chi connectivity index (χ3n) is 5.42. The van der Waals surface area contributed by atoms with Gasteiger partial charge in [-0.2, -0.15) is 4.98 Å². The maximum absolute atomic E-state index is 12.5. The molecule has 1 atom stereocenters. The van der Waals surface area contributed by atoms with Crippen molar-refractivity contribution < 1.29 is 19.0 Å². The van der Waals surface area contributed by atoms with E-state index in [1.165, 1.54) is 33.1 Å². The summed E-state index contributed by atoms with van der Waals surface area (Å²) >= 11 is 7.73. The minimum Gasteiger partial charge on any atom is -0.493 e. The van der Waals surface area contributed by atoms with Gasteiger partial charge in [0.25, 0.3) is 0 Å². The number of carbonyl (C=O) groups is 1. The first-order valence-electron chi connectivity index (χ1n) is 10.3. The number of primary amides is 1. The molecule has 0 saturated carbocycles. The van der Waals surface area contributed by atoms with Crippen molar-refractivity contribution >= 4 is 35.2 Å². The van der Waals surface area contributed by atoms with Crippen LogP contribution in [0.5, 0.6) is 17.2 Å². The van der Waals surface area contributed by atoms with Gasteiger partial charge < -0.3 is 25.3 Å². The number of carbonyl (C=O) groups excluding carboxylic acids is 1. The molecule has 2 heterocycles. The quantitative estimate of drug-likeness (QED) is 0.445. The SMILES string of the molecule is COc1cc([C@H]2C(C(N)=O)=C(C)Nc3nc(SCc4ccccc4Cl)nn32)cc(OC)c1OC. The van der Waals surface area contributed by atoms with Crippen molar-refractivity contribution in [1.29, 1.82) is 0 Å². The lowest BCUT2D eigenvalue weighted by atomic mass is 9.94. The number of hydrogen-bond acceptors (Lipinski definition) is 8. The number of hydrogen-bond donors (Lipinski definition) is 2. The molecule has 4 rings (SSSR count). The second-order valence-electron chi connectivity index (χ2n) is 7.43. The molecule has 1 aliphatic heterocycles. The molecule has 34 heavy (non-hydrogen) atoms. The monoisotopic (exact) mass is 501 g/mol. The highest BCUT2D eigenvalue weighted by molar-refractivity contribution is 7.98. The van der Waals surface area contributed by atoms with Gasteiger partial charge in [0.2, 0.25) is 22.8 Å². The van der Waals surface area contributed by atoms with Crippen molar-refractivity contribution in [2.45, 2.75) is 23.9 Å². The van der Waals surface area contributed by atoms with Crippen LogP contribution in [0.3, 0.4) is 0 Å². The molecule has 0 unspecified atom stereocenters. The van der Waals surface area contributed by atoms with E-state index in [9.17, 15) is 4.79 Å². The number of nitrogens with two attached hydrogens (primary N) is 1. The number of fused-ring (bicyclic) bond motifs is 1. The lowest BCUT2D eigenvalue weighted by molar-refractivity contribution is -0.115. The van der Waals surface area contributed by atoms with E-state index in [1.54, 1.807) is 23.7 Å². The zero-order valence-corrected chi connectivity index (χ0v) is 20.7. The van der Waals surface area contributed by atoms with Crippen molar-refractivity contribution in [3.05, 3.63) is 63.8 Å². The van der Waals surface area contributed by atoms with E-state index in [0.717, 1.165) is 5.56 Å². The molecule has 9 nitrogen and oxygen atoms in total. The van der Waals surface area contributed by atoms with Gasteiger partial charge in [-0.15, -0.1) is 5.10 Å². The van der Waals surface area contributed by atoms with Crippen molar-refractivity contribution in [3.8, 4) is 17.2 Å². The average Bonchev–Trinajstić information content (AvgIpc) is 3.23. The van der Waals surface area contributed by atoms with Crippen molar-refractivity contribution in [3.63, 3.8) is 0 Å². The van der Waals surface area contributed by atoms with Crippen LogP contribution in [0.25, 0.3) is 0 Å². The predicted octanol–water partition coefficient (Wildman–Crippen LogP) is 4.02. The topological polar surface area (TPSA) is 114 Å². The molecule has 11 heteroatoms. The van der Waals surface area contributed by atoms with Crippen LogP contribution in [-0.4, -0.2) is 42.0 Å². The first-order chi connectivity index (χ1) is 16.4. The number of thioether (sulfide) groups is 1. The smallest absolute Gasteiger partial charge is 0.248 e. The number of halogens is 1. The lowest BCUT2D eigenvalue weighted by Crippen LogP contribution is -2.31.